The molecule has 1 aromatic heterocycles. The van der Waals surface area contributed by atoms with Crippen molar-refractivity contribution in [1.82, 2.24) is 14.9 Å². The zero-order valence-corrected chi connectivity index (χ0v) is 20.7. The van der Waals surface area contributed by atoms with Crippen molar-refractivity contribution >= 4 is 5.97 Å². The molecule has 4 aromatic rings. The molecule has 0 spiro atoms. The Hall–Kier alpha value is -3.74. The molecule has 0 amide bonds. The first-order valence-electron chi connectivity index (χ1n) is 12.2. The molecule has 0 saturated carbocycles. The van der Waals surface area contributed by atoms with E-state index in [9.17, 15) is 15.0 Å². The molecule has 0 bridgehead atoms. The first-order chi connectivity index (χ1) is 17.4. The van der Waals surface area contributed by atoms with E-state index >= 15 is 0 Å². The highest BCUT2D eigenvalue weighted by Gasteiger charge is 2.38. The molecule has 0 aliphatic carbocycles. The van der Waals surface area contributed by atoms with Gasteiger partial charge in [-0.15, -0.1) is 0 Å². The van der Waals surface area contributed by atoms with E-state index in [1.807, 2.05) is 24.5 Å². The maximum Gasteiger partial charge on any atom is 0.313 e. The van der Waals surface area contributed by atoms with Gasteiger partial charge in [0.15, 0.2) is 0 Å². The van der Waals surface area contributed by atoms with E-state index in [0.29, 0.717) is 19.4 Å². The molecule has 0 aliphatic heterocycles. The number of rotatable bonds is 11. The van der Waals surface area contributed by atoms with Gasteiger partial charge in [-0.2, -0.15) is 0 Å². The summed E-state index contributed by atoms with van der Waals surface area (Å²) in [4.78, 5) is 16.1. The van der Waals surface area contributed by atoms with Crippen LogP contribution >= 0.6 is 0 Å². The highest BCUT2D eigenvalue weighted by molar-refractivity contribution is 5.74. The van der Waals surface area contributed by atoms with Crippen molar-refractivity contribution in [3.8, 4) is 0 Å². The molecule has 186 valence electrons. The first kappa shape index (κ1) is 25.4. The lowest BCUT2D eigenvalue weighted by Gasteiger charge is -2.37. The molecule has 3 aromatic carbocycles. The van der Waals surface area contributed by atoms with E-state index in [2.05, 4.69) is 88.9 Å². The van der Waals surface area contributed by atoms with E-state index in [4.69, 9.17) is 4.98 Å². The predicted molar refractivity (Wildman–Crippen MR) is 141 cm³/mol. The van der Waals surface area contributed by atoms with E-state index < -0.39 is 23.2 Å². The highest BCUT2D eigenvalue weighted by atomic mass is 16.4. The zero-order chi connectivity index (χ0) is 25.6. The Bertz CT molecular complexity index is 1160. The van der Waals surface area contributed by atoms with Crippen LogP contribution in [0.3, 0.4) is 0 Å². The summed E-state index contributed by atoms with van der Waals surface area (Å²) in [5.74, 6) is -1.04. The van der Waals surface area contributed by atoms with Gasteiger partial charge in [0.1, 0.15) is 17.2 Å². The summed E-state index contributed by atoms with van der Waals surface area (Å²) in [5.41, 5.74) is 2.46. The normalized spacial score (nSPS) is 12.9. The molecule has 4 rings (SSSR count). The molecular formula is C30H33N3O3. The maximum atomic E-state index is 11.4. The summed E-state index contributed by atoms with van der Waals surface area (Å²) in [6.45, 7) is 3.49. The number of benzene rings is 3. The van der Waals surface area contributed by atoms with Gasteiger partial charge in [0.25, 0.3) is 0 Å². The number of carboxylic acid groups (broad SMARTS) is 1. The molecule has 6 nitrogen and oxygen atoms in total. The smallest absolute Gasteiger partial charge is 0.313 e. The third kappa shape index (κ3) is 4.96. The third-order valence-electron chi connectivity index (χ3n) is 6.78. The third-order valence-corrected chi connectivity index (χ3v) is 6.78. The number of imidazole rings is 1. The fourth-order valence-electron chi connectivity index (χ4n) is 4.54. The number of carbonyl (C=O) groups is 1. The van der Waals surface area contributed by atoms with Crippen molar-refractivity contribution in [3.63, 3.8) is 0 Å². The Balaban J connectivity index is 1.64. The molecule has 1 heterocycles. The van der Waals surface area contributed by atoms with Crippen molar-refractivity contribution < 1.29 is 15.0 Å². The minimum absolute atomic E-state index is 0.478. The predicted octanol–water partition coefficient (Wildman–Crippen LogP) is 4.67. The molecule has 0 fully saturated rings. The van der Waals surface area contributed by atoms with Crippen LogP contribution in [0.2, 0.25) is 0 Å². The average molecular weight is 484 g/mol. The van der Waals surface area contributed by atoms with Crippen LogP contribution in [-0.4, -0.2) is 38.5 Å². The molecule has 0 saturated heterocycles. The summed E-state index contributed by atoms with van der Waals surface area (Å²) in [6.07, 6.45) is 4.24. The monoisotopic (exact) mass is 483 g/mol. The molecule has 0 radical (unpaired) electrons. The minimum Gasteiger partial charge on any atom is -0.481 e. The van der Waals surface area contributed by atoms with Crippen LogP contribution in [0, 0.1) is 5.41 Å². The number of carboxylic acids is 1. The summed E-state index contributed by atoms with van der Waals surface area (Å²) in [5, 5.41) is 22.4. The van der Waals surface area contributed by atoms with Gasteiger partial charge in [-0.05, 0) is 49.9 Å². The second-order valence-electron chi connectivity index (χ2n) is 9.57. The number of hydrogen-bond acceptors (Lipinski definition) is 4. The number of aliphatic carboxylic acids is 1. The van der Waals surface area contributed by atoms with Crippen LogP contribution in [0.4, 0.5) is 0 Å². The maximum absolute atomic E-state index is 11.4. The summed E-state index contributed by atoms with van der Waals surface area (Å²) < 4.78 is 2.18. The minimum atomic E-state index is -1.26. The fraction of sp³-hybridized carbons (Fsp3) is 0.267. The highest BCUT2D eigenvalue weighted by Crippen LogP contribution is 2.40. The van der Waals surface area contributed by atoms with Crippen molar-refractivity contribution in [2.75, 3.05) is 6.54 Å². The van der Waals surface area contributed by atoms with Crippen molar-refractivity contribution in [1.29, 1.82) is 0 Å². The topological polar surface area (TPSA) is 87.4 Å². The second kappa shape index (κ2) is 10.9. The Morgan fingerprint density at radius 3 is 1.81 bits per heavy atom. The molecule has 1 unspecified atom stereocenters. The van der Waals surface area contributed by atoms with E-state index in [0.717, 1.165) is 22.4 Å². The molecule has 6 heteroatoms. The fourth-order valence-corrected chi connectivity index (χ4v) is 4.54. The quantitative estimate of drug-likeness (QED) is 0.164. The Morgan fingerprint density at radius 2 is 1.36 bits per heavy atom. The van der Waals surface area contributed by atoms with Crippen LogP contribution in [0.5, 0.6) is 0 Å². The van der Waals surface area contributed by atoms with Crippen LogP contribution < -0.4 is 5.32 Å². The molecule has 0 aliphatic rings. The number of aromatic nitrogens is 2. The Labute approximate surface area is 212 Å². The van der Waals surface area contributed by atoms with Gasteiger partial charge in [-0.3, -0.25) is 10.1 Å². The van der Waals surface area contributed by atoms with E-state index in [-0.39, 0.29) is 0 Å². The number of hydrogen-bond donors (Lipinski definition) is 3. The van der Waals surface area contributed by atoms with E-state index in [1.54, 1.807) is 0 Å². The van der Waals surface area contributed by atoms with Gasteiger partial charge < -0.3 is 14.8 Å². The molecular weight excluding hydrogens is 450 g/mol. The number of nitrogens with one attached hydrogen (secondary N) is 1. The van der Waals surface area contributed by atoms with Gasteiger partial charge in [0.2, 0.25) is 0 Å². The first-order valence-corrected chi connectivity index (χ1v) is 12.2. The standard InChI is InChI=1S/C30H33N3O3/c1-29(2,28(35)36)27(34)31-20-12-19-26-21-33(22-32-26)30(23-13-6-3-7-14-23,24-15-8-4-9-16-24)25-17-10-5-11-18-25/h3-11,13-18,21-22,27,31,34H,12,19-20H2,1-2H3,(H,35,36). The van der Waals surface area contributed by atoms with Crippen LogP contribution in [0.25, 0.3) is 0 Å². The summed E-state index contributed by atoms with van der Waals surface area (Å²) in [6, 6.07) is 31.3. The Morgan fingerprint density at radius 1 is 0.889 bits per heavy atom. The lowest BCUT2D eigenvalue weighted by Crippen LogP contribution is -2.46. The summed E-state index contributed by atoms with van der Waals surface area (Å²) in [7, 11) is 0. The second-order valence-corrected chi connectivity index (χ2v) is 9.57. The molecule has 36 heavy (non-hydrogen) atoms. The lowest BCUT2D eigenvalue weighted by atomic mass is 9.77. The summed E-state index contributed by atoms with van der Waals surface area (Å²) >= 11 is 0. The van der Waals surface area contributed by atoms with Crippen LogP contribution in [0.1, 0.15) is 42.7 Å². The van der Waals surface area contributed by atoms with Crippen molar-refractivity contribution in [3.05, 3.63) is 126 Å². The van der Waals surface area contributed by atoms with Gasteiger partial charge in [0.05, 0.1) is 12.0 Å². The average Bonchev–Trinajstić information content (AvgIpc) is 3.38. The van der Waals surface area contributed by atoms with E-state index in [1.165, 1.54) is 13.8 Å². The number of nitrogens with zero attached hydrogens (tertiary/aromatic N) is 2. The number of aryl methyl sites for hydroxylation is 1. The Kier molecular flexibility index (Phi) is 7.67. The van der Waals surface area contributed by atoms with Crippen molar-refractivity contribution in [2.24, 2.45) is 5.41 Å². The largest absolute Gasteiger partial charge is 0.481 e. The van der Waals surface area contributed by atoms with Gasteiger partial charge in [0, 0.05) is 6.20 Å². The van der Waals surface area contributed by atoms with Gasteiger partial charge >= 0.3 is 5.97 Å². The van der Waals surface area contributed by atoms with Gasteiger partial charge in [-0.1, -0.05) is 91.0 Å². The lowest BCUT2D eigenvalue weighted by molar-refractivity contribution is -0.154. The molecule has 3 N–H and O–H groups in total. The van der Waals surface area contributed by atoms with Crippen LogP contribution in [0.15, 0.2) is 104 Å². The zero-order valence-electron chi connectivity index (χ0n) is 20.7. The van der Waals surface area contributed by atoms with Crippen molar-refractivity contribution in [2.45, 2.75) is 38.5 Å². The molecule has 1 atom stereocenters. The number of aliphatic hydroxyl groups is 1. The number of aliphatic hydroxyl groups excluding tert-OH is 1. The SMILES string of the molecule is CC(C)(C(=O)O)C(O)NCCCc1cn(C(c2ccccc2)(c2ccccc2)c2ccccc2)cn1. The van der Waals surface area contributed by atoms with Crippen LogP contribution in [-0.2, 0) is 16.8 Å². The van der Waals surface area contributed by atoms with Gasteiger partial charge in [-0.25, -0.2) is 4.98 Å².